The first-order valence-electron chi connectivity index (χ1n) is 5.66. The second kappa shape index (κ2) is 6.03. The maximum absolute atomic E-state index is 11.7. The van der Waals surface area contributed by atoms with Gasteiger partial charge in [0, 0.05) is 19.6 Å². The van der Waals surface area contributed by atoms with Crippen LogP contribution in [0.1, 0.15) is 0 Å². The maximum atomic E-state index is 11.7. The fourth-order valence-corrected chi connectivity index (χ4v) is 1.73. The lowest BCUT2D eigenvalue weighted by Gasteiger charge is -2.28. The van der Waals surface area contributed by atoms with Crippen molar-refractivity contribution >= 4 is 6.03 Å². The Morgan fingerprint density at radius 3 is 2.69 bits per heavy atom. The van der Waals surface area contributed by atoms with Crippen LogP contribution in [0.3, 0.4) is 0 Å². The molecule has 0 aliphatic carbocycles. The molecular formula is C10H18N2O4. The van der Waals surface area contributed by atoms with Gasteiger partial charge in [-0.25, -0.2) is 4.79 Å². The minimum absolute atomic E-state index is 0.0151. The van der Waals surface area contributed by atoms with Crippen molar-refractivity contribution in [1.82, 2.24) is 10.2 Å². The molecule has 2 rings (SSSR count). The number of carbonyl (C=O) groups is 1. The summed E-state index contributed by atoms with van der Waals surface area (Å²) in [5, 5.41) is 2.85. The molecule has 1 N–H and O–H groups in total. The van der Waals surface area contributed by atoms with Crippen LogP contribution >= 0.6 is 0 Å². The van der Waals surface area contributed by atoms with E-state index in [2.05, 4.69) is 5.32 Å². The SMILES string of the molecule is O=C(NCC1COCCO1)N1CCOCC1. The molecule has 0 spiro atoms. The molecule has 0 aromatic rings. The van der Waals surface area contributed by atoms with E-state index in [1.54, 1.807) is 4.90 Å². The van der Waals surface area contributed by atoms with Gasteiger partial charge in [-0.15, -0.1) is 0 Å². The summed E-state index contributed by atoms with van der Waals surface area (Å²) in [7, 11) is 0. The van der Waals surface area contributed by atoms with Crippen molar-refractivity contribution < 1.29 is 19.0 Å². The van der Waals surface area contributed by atoms with Crippen LogP contribution in [0, 0.1) is 0 Å². The van der Waals surface area contributed by atoms with E-state index in [1.165, 1.54) is 0 Å². The van der Waals surface area contributed by atoms with Gasteiger partial charge in [0.05, 0.1) is 39.1 Å². The van der Waals surface area contributed by atoms with Gasteiger partial charge >= 0.3 is 6.03 Å². The van der Waals surface area contributed by atoms with Gasteiger partial charge in [0.25, 0.3) is 0 Å². The number of urea groups is 1. The Morgan fingerprint density at radius 1 is 1.19 bits per heavy atom. The Balaban J connectivity index is 1.65. The first-order valence-corrected chi connectivity index (χ1v) is 5.66. The van der Waals surface area contributed by atoms with E-state index in [4.69, 9.17) is 14.2 Å². The standard InChI is InChI=1S/C10H18N2O4/c13-10(12-1-3-14-4-2-12)11-7-9-8-15-5-6-16-9/h9H,1-8H2,(H,11,13). The zero-order valence-electron chi connectivity index (χ0n) is 9.31. The molecule has 2 heterocycles. The summed E-state index contributed by atoms with van der Waals surface area (Å²) in [6, 6.07) is -0.0440. The van der Waals surface area contributed by atoms with Crippen LogP contribution in [0.5, 0.6) is 0 Å². The summed E-state index contributed by atoms with van der Waals surface area (Å²) < 4.78 is 15.9. The fraction of sp³-hybridized carbons (Fsp3) is 0.900. The van der Waals surface area contributed by atoms with E-state index in [0.29, 0.717) is 52.7 Å². The molecule has 2 fully saturated rings. The highest BCUT2D eigenvalue weighted by Crippen LogP contribution is 2.01. The normalized spacial score (nSPS) is 26.5. The molecule has 1 atom stereocenters. The number of hydrogen-bond acceptors (Lipinski definition) is 4. The third-order valence-corrected chi connectivity index (χ3v) is 2.66. The van der Waals surface area contributed by atoms with Crippen LogP contribution in [0.4, 0.5) is 4.79 Å². The predicted octanol–water partition coefficient (Wildman–Crippen LogP) is -0.556. The van der Waals surface area contributed by atoms with E-state index in [1.807, 2.05) is 0 Å². The van der Waals surface area contributed by atoms with Crippen LogP contribution in [0.25, 0.3) is 0 Å². The average molecular weight is 230 g/mol. The van der Waals surface area contributed by atoms with Crippen LogP contribution in [0.2, 0.25) is 0 Å². The van der Waals surface area contributed by atoms with E-state index in [9.17, 15) is 4.79 Å². The molecule has 92 valence electrons. The number of rotatable bonds is 2. The number of morpholine rings is 1. The molecule has 0 aromatic carbocycles. The number of hydrogen-bond donors (Lipinski definition) is 1. The molecule has 2 aliphatic rings. The van der Waals surface area contributed by atoms with E-state index in [0.717, 1.165) is 0 Å². The Kier molecular flexibility index (Phi) is 4.38. The first kappa shape index (κ1) is 11.6. The molecule has 0 aromatic heterocycles. The van der Waals surface area contributed by atoms with Gasteiger partial charge in [-0.3, -0.25) is 0 Å². The number of nitrogens with one attached hydrogen (secondary N) is 1. The topological polar surface area (TPSA) is 60.0 Å². The second-order valence-corrected chi connectivity index (χ2v) is 3.85. The summed E-state index contributed by atoms with van der Waals surface area (Å²) in [5.74, 6) is 0. The number of ether oxygens (including phenoxy) is 3. The third-order valence-electron chi connectivity index (χ3n) is 2.66. The average Bonchev–Trinajstić information content (AvgIpc) is 2.38. The highest BCUT2D eigenvalue weighted by Gasteiger charge is 2.19. The van der Waals surface area contributed by atoms with Crippen molar-refractivity contribution in [1.29, 1.82) is 0 Å². The number of carbonyl (C=O) groups excluding carboxylic acids is 1. The van der Waals surface area contributed by atoms with Gasteiger partial charge in [0.1, 0.15) is 0 Å². The minimum Gasteiger partial charge on any atom is -0.378 e. The molecule has 0 radical (unpaired) electrons. The molecule has 1 unspecified atom stereocenters. The van der Waals surface area contributed by atoms with Crippen molar-refractivity contribution in [3.05, 3.63) is 0 Å². The summed E-state index contributed by atoms with van der Waals surface area (Å²) in [6.07, 6.45) is -0.0151. The Hall–Kier alpha value is -0.850. The lowest BCUT2D eigenvalue weighted by atomic mass is 10.3. The Bertz CT molecular complexity index is 225. The molecule has 2 saturated heterocycles. The van der Waals surface area contributed by atoms with Gasteiger partial charge in [0.2, 0.25) is 0 Å². The number of nitrogens with zero attached hydrogens (tertiary/aromatic N) is 1. The van der Waals surface area contributed by atoms with Crippen LogP contribution in [0.15, 0.2) is 0 Å². The number of amides is 2. The smallest absolute Gasteiger partial charge is 0.317 e. The molecule has 2 aliphatic heterocycles. The predicted molar refractivity (Wildman–Crippen MR) is 56.3 cm³/mol. The van der Waals surface area contributed by atoms with Crippen molar-refractivity contribution in [2.75, 3.05) is 52.7 Å². The van der Waals surface area contributed by atoms with Crippen LogP contribution in [-0.4, -0.2) is 69.7 Å². The van der Waals surface area contributed by atoms with Crippen molar-refractivity contribution in [2.45, 2.75) is 6.10 Å². The van der Waals surface area contributed by atoms with Crippen LogP contribution in [-0.2, 0) is 14.2 Å². The molecule has 6 heteroatoms. The minimum atomic E-state index is -0.0440. The van der Waals surface area contributed by atoms with Gasteiger partial charge in [0.15, 0.2) is 0 Å². The monoisotopic (exact) mass is 230 g/mol. The zero-order valence-corrected chi connectivity index (χ0v) is 9.31. The van der Waals surface area contributed by atoms with Gasteiger partial charge in [-0.05, 0) is 0 Å². The summed E-state index contributed by atoms with van der Waals surface area (Å²) in [5.41, 5.74) is 0. The maximum Gasteiger partial charge on any atom is 0.317 e. The molecule has 2 amide bonds. The van der Waals surface area contributed by atoms with Gasteiger partial charge in [-0.1, -0.05) is 0 Å². The quantitative estimate of drug-likeness (QED) is 0.691. The van der Waals surface area contributed by atoms with Crippen LogP contribution < -0.4 is 5.32 Å². The summed E-state index contributed by atoms with van der Waals surface area (Å²) in [4.78, 5) is 13.5. The third kappa shape index (κ3) is 3.33. The van der Waals surface area contributed by atoms with Gasteiger partial charge in [-0.2, -0.15) is 0 Å². The van der Waals surface area contributed by atoms with E-state index < -0.39 is 0 Å². The first-order chi connectivity index (χ1) is 7.86. The summed E-state index contributed by atoms with van der Waals surface area (Å²) >= 11 is 0. The Morgan fingerprint density at radius 2 is 2.00 bits per heavy atom. The molecule has 16 heavy (non-hydrogen) atoms. The van der Waals surface area contributed by atoms with Gasteiger partial charge < -0.3 is 24.4 Å². The fourth-order valence-electron chi connectivity index (χ4n) is 1.73. The second-order valence-electron chi connectivity index (χ2n) is 3.85. The summed E-state index contributed by atoms with van der Waals surface area (Å²) in [6.45, 7) is 4.89. The molecule has 0 saturated carbocycles. The molecule has 0 bridgehead atoms. The zero-order chi connectivity index (χ0) is 11.2. The molecule has 6 nitrogen and oxygen atoms in total. The lowest BCUT2D eigenvalue weighted by molar-refractivity contribution is -0.0857. The molecular weight excluding hydrogens is 212 g/mol. The highest BCUT2D eigenvalue weighted by atomic mass is 16.6. The van der Waals surface area contributed by atoms with Crippen molar-refractivity contribution in [3.8, 4) is 0 Å². The van der Waals surface area contributed by atoms with E-state index in [-0.39, 0.29) is 12.1 Å². The Labute approximate surface area is 94.8 Å². The van der Waals surface area contributed by atoms with E-state index >= 15 is 0 Å². The van der Waals surface area contributed by atoms with Crippen molar-refractivity contribution in [3.63, 3.8) is 0 Å². The largest absolute Gasteiger partial charge is 0.378 e. The van der Waals surface area contributed by atoms with Crippen molar-refractivity contribution in [2.24, 2.45) is 0 Å². The lowest BCUT2D eigenvalue weighted by Crippen LogP contribution is -2.49. The highest BCUT2D eigenvalue weighted by molar-refractivity contribution is 5.74.